The van der Waals surface area contributed by atoms with Crippen molar-refractivity contribution in [1.29, 1.82) is 0 Å². The van der Waals surface area contributed by atoms with E-state index in [9.17, 15) is 18.0 Å². The quantitative estimate of drug-likeness (QED) is 0.512. The lowest BCUT2D eigenvalue weighted by molar-refractivity contribution is -0.910. The van der Waals surface area contributed by atoms with Crippen molar-refractivity contribution in [2.45, 2.75) is 17.7 Å². The van der Waals surface area contributed by atoms with Crippen molar-refractivity contribution in [1.82, 2.24) is 9.21 Å². The number of nitrogens with one attached hydrogen (secondary N) is 1. The Morgan fingerprint density at radius 1 is 1.00 bits per heavy atom. The summed E-state index contributed by atoms with van der Waals surface area (Å²) in [5.41, 5.74) is 0. The Bertz CT molecular complexity index is 894. The molecule has 8 nitrogen and oxygen atoms in total. The predicted octanol–water partition coefficient (Wildman–Crippen LogP) is -0.507. The largest absolute Gasteiger partial charge is 0.497 e. The standard InChI is InChI=1S/C20H25N3O5S/c1-28-15-6-8-16(9-7-15)29(26,27)22-12-10-21(11-13-22)14-23-19(24)17-4-2-3-5-18(17)20(23)25/h2-3,6-9,17-18H,4-5,10-14H2,1H3/p+1/t17-,18-/m0/s1. The van der Waals surface area contributed by atoms with E-state index < -0.39 is 10.0 Å². The van der Waals surface area contributed by atoms with Gasteiger partial charge in [-0.25, -0.2) is 13.3 Å². The minimum atomic E-state index is -3.57. The van der Waals surface area contributed by atoms with Crippen LogP contribution in [0.3, 0.4) is 0 Å². The van der Waals surface area contributed by atoms with Crippen LogP contribution in [0.2, 0.25) is 0 Å². The first-order valence-corrected chi connectivity index (χ1v) is 11.3. The molecule has 0 spiro atoms. The summed E-state index contributed by atoms with van der Waals surface area (Å²) in [5.74, 6) is 0.0106. The average molecular weight is 421 g/mol. The van der Waals surface area contributed by atoms with Gasteiger partial charge in [0, 0.05) is 0 Å². The van der Waals surface area contributed by atoms with Crippen LogP contribution in [-0.4, -0.2) is 69.4 Å². The molecule has 4 rings (SSSR count). The fourth-order valence-corrected chi connectivity index (χ4v) is 5.79. The Balaban J connectivity index is 1.37. The first kappa shape index (κ1) is 20.1. The summed E-state index contributed by atoms with van der Waals surface area (Å²) < 4.78 is 32.3. The molecule has 2 atom stereocenters. The number of hydrogen-bond acceptors (Lipinski definition) is 5. The summed E-state index contributed by atoms with van der Waals surface area (Å²) in [6, 6.07) is 6.36. The van der Waals surface area contributed by atoms with Gasteiger partial charge in [0.2, 0.25) is 21.8 Å². The summed E-state index contributed by atoms with van der Waals surface area (Å²) in [7, 11) is -2.03. The topological polar surface area (TPSA) is 88.4 Å². The third kappa shape index (κ3) is 3.70. The minimum Gasteiger partial charge on any atom is -0.497 e. The van der Waals surface area contributed by atoms with Gasteiger partial charge in [-0.15, -0.1) is 0 Å². The fourth-order valence-electron chi connectivity index (χ4n) is 4.35. The van der Waals surface area contributed by atoms with E-state index >= 15 is 0 Å². The number of imide groups is 1. The summed E-state index contributed by atoms with van der Waals surface area (Å²) in [5, 5.41) is 0. The van der Waals surface area contributed by atoms with Gasteiger partial charge < -0.3 is 9.64 Å². The highest BCUT2D eigenvalue weighted by Gasteiger charge is 2.48. The van der Waals surface area contributed by atoms with Gasteiger partial charge in [-0.3, -0.25) is 9.59 Å². The zero-order chi connectivity index (χ0) is 20.6. The molecule has 1 N–H and O–H groups in total. The molecule has 3 aliphatic rings. The number of amides is 2. The summed E-state index contributed by atoms with van der Waals surface area (Å²) in [6.07, 6.45) is 5.22. The zero-order valence-corrected chi connectivity index (χ0v) is 17.2. The van der Waals surface area contributed by atoms with E-state index in [1.807, 2.05) is 12.2 Å². The average Bonchev–Trinajstić information content (AvgIpc) is 2.99. The van der Waals surface area contributed by atoms with Gasteiger partial charge in [0.15, 0.2) is 6.67 Å². The van der Waals surface area contributed by atoms with Crippen molar-refractivity contribution in [3.05, 3.63) is 36.4 Å². The molecule has 29 heavy (non-hydrogen) atoms. The second-order valence-corrected chi connectivity index (χ2v) is 9.69. The van der Waals surface area contributed by atoms with Crippen molar-refractivity contribution in [2.75, 3.05) is 40.0 Å². The number of benzene rings is 1. The van der Waals surface area contributed by atoms with Gasteiger partial charge in [-0.2, -0.15) is 4.31 Å². The number of ether oxygens (including phenoxy) is 1. The number of likely N-dealkylation sites (tertiary alicyclic amines) is 1. The number of carbonyl (C=O) groups excluding carboxylic acids is 2. The smallest absolute Gasteiger partial charge is 0.243 e. The van der Waals surface area contributed by atoms with Gasteiger partial charge in [-0.1, -0.05) is 12.2 Å². The first-order chi connectivity index (χ1) is 13.9. The lowest BCUT2D eigenvalue weighted by atomic mass is 9.85. The molecule has 1 aliphatic carbocycles. The number of methoxy groups -OCH3 is 1. The van der Waals surface area contributed by atoms with Crippen molar-refractivity contribution >= 4 is 21.8 Å². The molecule has 1 aromatic rings. The number of quaternary nitrogens is 1. The van der Waals surface area contributed by atoms with Gasteiger partial charge >= 0.3 is 0 Å². The van der Waals surface area contributed by atoms with Crippen molar-refractivity contribution in [2.24, 2.45) is 11.8 Å². The second kappa shape index (κ2) is 7.89. The first-order valence-electron chi connectivity index (χ1n) is 9.90. The number of fused-ring (bicyclic) bond motifs is 1. The summed E-state index contributed by atoms with van der Waals surface area (Å²) >= 11 is 0. The predicted molar refractivity (Wildman–Crippen MR) is 105 cm³/mol. The molecule has 2 fully saturated rings. The maximum Gasteiger partial charge on any atom is 0.243 e. The van der Waals surface area contributed by atoms with Crippen molar-refractivity contribution in [3.63, 3.8) is 0 Å². The normalized spacial score (nSPS) is 26.0. The Kier molecular flexibility index (Phi) is 5.46. The molecule has 156 valence electrons. The molecule has 0 bridgehead atoms. The van der Waals surface area contributed by atoms with Crippen LogP contribution in [0.4, 0.5) is 0 Å². The highest BCUT2D eigenvalue weighted by molar-refractivity contribution is 7.89. The van der Waals surface area contributed by atoms with Crippen molar-refractivity contribution < 1.29 is 27.6 Å². The van der Waals surface area contributed by atoms with Crippen LogP contribution in [0.5, 0.6) is 5.75 Å². The van der Waals surface area contributed by atoms with Crippen LogP contribution in [0.1, 0.15) is 12.8 Å². The highest BCUT2D eigenvalue weighted by Crippen LogP contribution is 2.34. The number of allylic oxidation sites excluding steroid dienone is 2. The highest BCUT2D eigenvalue weighted by atomic mass is 32.2. The van der Waals surface area contributed by atoms with Gasteiger partial charge in [0.1, 0.15) is 5.75 Å². The molecule has 0 unspecified atom stereocenters. The number of rotatable bonds is 5. The molecule has 2 heterocycles. The maximum atomic E-state index is 12.9. The zero-order valence-electron chi connectivity index (χ0n) is 16.4. The van der Waals surface area contributed by atoms with Crippen LogP contribution in [-0.2, 0) is 19.6 Å². The van der Waals surface area contributed by atoms with Gasteiger partial charge in [0.05, 0.1) is 50.0 Å². The second-order valence-electron chi connectivity index (χ2n) is 7.75. The number of carbonyl (C=O) groups is 2. The molecule has 0 saturated carbocycles. The molecule has 0 radical (unpaired) electrons. The van der Waals surface area contributed by atoms with Crippen LogP contribution < -0.4 is 9.64 Å². The number of nitrogens with zero attached hydrogens (tertiary/aromatic N) is 2. The fraction of sp³-hybridized carbons (Fsp3) is 0.500. The molecule has 9 heteroatoms. The molecule has 2 amide bonds. The van der Waals surface area contributed by atoms with E-state index in [1.165, 1.54) is 16.3 Å². The summed E-state index contributed by atoms with van der Waals surface area (Å²) in [4.78, 5) is 27.9. The van der Waals surface area contributed by atoms with E-state index in [4.69, 9.17) is 4.74 Å². The Morgan fingerprint density at radius 2 is 1.55 bits per heavy atom. The van der Waals surface area contributed by atoms with E-state index in [1.54, 1.807) is 24.3 Å². The third-order valence-electron chi connectivity index (χ3n) is 6.11. The van der Waals surface area contributed by atoms with E-state index in [0.29, 0.717) is 51.4 Å². The minimum absolute atomic E-state index is 0.0786. The van der Waals surface area contributed by atoms with Gasteiger partial charge in [-0.05, 0) is 37.1 Å². The van der Waals surface area contributed by atoms with Crippen molar-refractivity contribution in [3.8, 4) is 5.75 Å². The van der Waals surface area contributed by atoms with E-state index in [2.05, 4.69) is 0 Å². The maximum absolute atomic E-state index is 12.9. The molecular formula is C20H26N3O5S+. The lowest BCUT2D eigenvalue weighted by Gasteiger charge is -2.33. The number of hydrogen-bond donors (Lipinski definition) is 1. The van der Waals surface area contributed by atoms with Gasteiger partial charge in [0.25, 0.3) is 0 Å². The van der Waals surface area contributed by atoms with Crippen LogP contribution in [0, 0.1) is 11.8 Å². The molecule has 2 saturated heterocycles. The molecule has 2 aliphatic heterocycles. The molecule has 1 aromatic carbocycles. The van der Waals surface area contributed by atoms with Crippen LogP contribution in [0.25, 0.3) is 0 Å². The Morgan fingerprint density at radius 3 is 2.07 bits per heavy atom. The Hall–Kier alpha value is -2.23. The SMILES string of the molecule is COc1ccc(S(=O)(=O)N2CC[NH+](CN3C(=O)[C@H]4CC=CC[C@@H]4C3=O)CC2)cc1. The van der Waals surface area contributed by atoms with Crippen LogP contribution >= 0.6 is 0 Å². The third-order valence-corrected chi connectivity index (χ3v) is 8.02. The number of piperazine rings is 1. The summed E-state index contributed by atoms with van der Waals surface area (Å²) in [6.45, 7) is 2.14. The number of sulfonamides is 1. The van der Waals surface area contributed by atoms with E-state index in [-0.39, 0.29) is 28.5 Å². The Labute approximate surface area is 170 Å². The monoisotopic (exact) mass is 420 g/mol. The van der Waals surface area contributed by atoms with E-state index in [0.717, 1.165) is 4.90 Å². The molecule has 0 aromatic heterocycles. The lowest BCUT2D eigenvalue weighted by Crippen LogP contribution is -3.16. The van der Waals surface area contributed by atoms with Crippen LogP contribution in [0.15, 0.2) is 41.3 Å². The molecular weight excluding hydrogens is 394 g/mol.